The molecule has 0 saturated heterocycles. The molecular weight excluding hydrogens is 200 g/mol. The summed E-state index contributed by atoms with van der Waals surface area (Å²) >= 11 is 6.97. The normalized spacial score (nSPS) is 12.6. The van der Waals surface area contributed by atoms with Crippen molar-refractivity contribution in [2.24, 2.45) is 0 Å². The first-order chi connectivity index (χ1) is 5.61. The van der Waals surface area contributed by atoms with Gasteiger partial charge in [-0.25, -0.2) is 4.79 Å². The Kier molecular flexibility index (Phi) is 3.08. The Labute approximate surface area is 78.5 Å². The van der Waals surface area contributed by atoms with Crippen molar-refractivity contribution in [3.63, 3.8) is 0 Å². The Morgan fingerprint density at radius 2 is 2.42 bits per heavy atom. The second-order valence-electron chi connectivity index (χ2n) is 2.18. The Morgan fingerprint density at radius 1 is 1.75 bits per heavy atom. The second-order valence-corrected chi connectivity index (χ2v) is 3.33. The monoisotopic (exact) mass is 206 g/mol. The maximum absolute atomic E-state index is 10.8. The lowest BCUT2D eigenvalue weighted by Gasteiger charge is -2.03. The van der Waals surface area contributed by atoms with Crippen LogP contribution in [0.25, 0.3) is 0 Å². The lowest BCUT2D eigenvalue weighted by molar-refractivity contribution is -0.142. The van der Waals surface area contributed by atoms with Gasteiger partial charge in [0.1, 0.15) is 6.10 Å². The molecule has 1 N–H and O–H groups in total. The lowest BCUT2D eigenvalue weighted by atomic mass is 10.4. The summed E-state index contributed by atoms with van der Waals surface area (Å²) in [5, 5.41) is 12.4. The summed E-state index contributed by atoms with van der Waals surface area (Å²) in [6.07, 6.45) is -1.12. The number of esters is 1. The van der Waals surface area contributed by atoms with Gasteiger partial charge in [0.2, 0.25) is 0 Å². The first-order valence-electron chi connectivity index (χ1n) is 3.22. The molecule has 0 saturated carbocycles. The van der Waals surface area contributed by atoms with E-state index in [1.807, 2.05) is 0 Å². The summed E-state index contributed by atoms with van der Waals surface area (Å²) in [7, 11) is 0. The first-order valence-corrected chi connectivity index (χ1v) is 4.55. The van der Waals surface area contributed by atoms with Gasteiger partial charge in [-0.05, 0) is 6.92 Å². The molecular formula is C7H7ClO3S. The summed E-state index contributed by atoms with van der Waals surface area (Å²) in [5.41, 5.74) is 0. The van der Waals surface area contributed by atoms with Crippen LogP contribution in [0.2, 0.25) is 5.02 Å². The van der Waals surface area contributed by atoms with Gasteiger partial charge in [0.15, 0.2) is 5.75 Å². The van der Waals surface area contributed by atoms with Crippen molar-refractivity contribution in [1.29, 1.82) is 0 Å². The number of aliphatic hydroxyl groups is 1. The zero-order valence-electron chi connectivity index (χ0n) is 6.28. The van der Waals surface area contributed by atoms with Crippen LogP contribution in [0.15, 0.2) is 10.8 Å². The van der Waals surface area contributed by atoms with Crippen LogP contribution in [-0.4, -0.2) is 17.2 Å². The minimum Gasteiger partial charge on any atom is -0.422 e. The number of halogens is 1. The van der Waals surface area contributed by atoms with E-state index in [1.165, 1.54) is 18.3 Å². The minimum absolute atomic E-state index is 0.299. The average Bonchev–Trinajstić information content (AvgIpc) is 2.36. The standard InChI is InChI=1S/C7H7ClO3S/c1-4(9)7(10)11-6-3-12-2-5(6)8/h2-4,9H,1H3. The van der Waals surface area contributed by atoms with Crippen molar-refractivity contribution >= 4 is 28.9 Å². The number of carbonyl (C=O) groups is 1. The van der Waals surface area contributed by atoms with Gasteiger partial charge in [0.25, 0.3) is 0 Å². The highest BCUT2D eigenvalue weighted by atomic mass is 35.5. The Balaban J connectivity index is 2.64. The third kappa shape index (κ3) is 2.20. The Hall–Kier alpha value is -0.580. The number of rotatable bonds is 2. The summed E-state index contributed by atoms with van der Waals surface area (Å²) < 4.78 is 4.74. The summed E-state index contributed by atoms with van der Waals surface area (Å²) in [4.78, 5) is 10.8. The van der Waals surface area contributed by atoms with Gasteiger partial charge in [-0.2, -0.15) is 0 Å². The van der Waals surface area contributed by atoms with E-state index in [0.717, 1.165) is 0 Å². The Bertz CT molecular complexity index is 282. The molecule has 5 heteroatoms. The van der Waals surface area contributed by atoms with E-state index < -0.39 is 12.1 Å². The van der Waals surface area contributed by atoms with Crippen LogP contribution in [0.5, 0.6) is 5.75 Å². The van der Waals surface area contributed by atoms with Crippen LogP contribution in [-0.2, 0) is 4.79 Å². The maximum atomic E-state index is 10.8. The van der Waals surface area contributed by atoms with Crippen LogP contribution in [0.4, 0.5) is 0 Å². The molecule has 1 aromatic heterocycles. The molecule has 1 atom stereocenters. The van der Waals surface area contributed by atoms with Crippen molar-refractivity contribution in [1.82, 2.24) is 0 Å². The largest absolute Gasteiger partial charge is 0.422 e. The fourth-order valence-corrected chi connectivity index (χ4v) is 1.45. The van der Waals surface area contributed by atoms with Crippen molar-refractivity contribution in [3.05, 3.63) is 15.8 Å². The second kappa shape index (κ2) is 3.89. The van der Waals surface area contributed by atoms with Gasteiger partial charge in [0.05, 0.1) is 5.02 Å². The third-order valence-corrected chi connectivity index (χ3v) is 2.28. The summed E-state index contributed by atoms with van der Waals surface area (Å²) in [5.74, 6) is -0.400. The van der Waals surface area contributed by atoms with Gasteiger partial charge >= 0.3 is 5.97 Å². The van der Waals surface area contributed by atoms with E-state index in [0.29, 0.717) is 10.8 Å². The first kappa shape index (κ1) is 9.51. The average molecular weight is 207 g/mol. The molecule has 0 spiro atoms. The van der Waals surface area contributed by atoms with E-state index in [2.05, 4.69) is 0 Å². The number of aliphatic hydroxyl groups excluding tert-OH is 1. The topological polar surface area (TPSA) is 46.5 Å². The quantitative estimate of drug-likeness (QED) is 0.750. The number of hydrogen-bond donors (Lipinski definition) is 1. The predicted octanol–water partition coefficient (Wildman–Crippen LogP) is 1.69. The van der Waals surface area contributed by atoms with Crippen molar-refractivity contribution in [2.45, 2.75) is 13.0 Å². The molecule has 0 fully saturated rings. The number of thiophene rings is 1. The van der Waals surface area contributed by atoms with E-state index in [-0.39, 0.29) is 0 Å². The van der Waals surface area contributed by atoms with E-state index in [9.17, 15) is 4.79 Å². The zero-order chi connectivity index (χ0) is 9.14. The molecule has 3 nitrogen and oxygen atoms in total. The fourth-order valence-electron chi connectivity index (χ4n) is 0.536. The maximum Gasteiger partial charge on any atom is 0.340 e. The van der Waals surface area contributed by atoms with Crippen LogP contribution >= 0.6 is 22.9 Å². The Morgan fingerprint density at radius 3 is 2.83 bits per heavy atom. The van der Waals surface area contributed by atoms with Crippen LogP contribution in [0.1, 0.15) is 6.92 Å². The molecule has 0 aliphatic rings. The molecule has 66 valence electrons. The van der Waals surface area contributed by atoms with Gasteiger partial charge < -0.3 is 9.84 Å². The van der Waals surface area contributed by atoms with Gasteiger partial charge in [-0.3, -0.25) is 0 Å². The molecule has 1 rings (SSSR count). The van der Waals surface area contributed by atoms with Gasteiger partial charge in [-0.1, -0.05) is 11.6 Å². The fraction of sp³-hybridized carbons (Fsp3) is 0.286. The summed E-state index contributed by atoms with van der Waals surface area (Å²) in [6, 6.07) is 0. The van der Waals surface area contributed by atoms with Crippen molar-refractivity contribution in [3.8, 4) is 5.75 Å². The van der Waals surface area contributed by atoms with E-state index >= 15 is 0 Å². The predicted molar refractivity (Wildman–Crippen MR) is 46.6 cm³/mol. The minimum atomic E-state index is -1.12. The molecule has 0 aliphatic carbocycles. The van der Waals surface area contributed by atoms with Crippen LogP contribution in [0, 0.1) is 0 Å². The molecule has 0 bridgehead atoms. The molecule has 0 aromatic carbocycles. The highest BCUT2D eigenvalue weighted by Gasteiger charge is 2.13. The van der Waals surface area contributed by atoms with E-state index in [1.54, 1.807) is 10.8 Å². The highest BCUT2D eigenvalue weighted by Crippen LogP contribution is 2.28. The SMILES string of the molecule is CC(O)C(=O)Oc1cscc1Cl. The number of hydrogen-bond acceptors (Lipinski definition) is 4. The van der Waals surface area contributed by atoms with Crippen LogP contribution in [0.3, 0.4) is 0 Å². The van der Waals surface area contributed by atoms with Gasteiger partial charge in [0, 0.05) is 10.8 Å². The lowest BCUT2D eigenvalue weighted by Crippen LogP contribution is -2.21. The highest BCUT2D eigenvalue weighted by molar-refractivity contribution is 7.08. The van der Waals surface area contributed by atoms with Crippen molar-refractivity contribution in [2.75, 3.05) is 0 Å². The number of carbonyl (C=O) groups excluding carboxylic acids is 1. The van der Waals surface area contributed by atoms with Crippen LogP contribution < -0.4 is 4.74 Å². The smallest absolute Gasteiger partial charge is 0.340 e. The zero-order valence-corrected chi connectivity index (χ0v) is 7.85. The summed E-state index contributed by atoms with van der Waals surface area (Å²) in [6.45, 7) is 1.34. The molecule has 1 unspecified atom stereocenters. The van der Waals surface area contributed by atoms with E-state index in [4.69, 9.17) is 21.4 Å². The molecule has 0 amide bonds. The third-order valence-electron chi connectivity index (χ3n) is 1.13. The molecule has 1 aromatic rings. The molecule has 12 heavy (non-hydrogen) atoms. The molecule has 0 radical (unpaired) electrons. The van der Waals surface area contributed by atoms with Crippen molar-refractivity contribution < 1.29 is 14.6 Å². The van der Waals surface area contributed by atoms with Gasteiger partial charge in [-0.15, -0.1) is 11.3 Å². The molecule has 1 heterocycles. The molecule has 0 aliphatic heterocycles. The number of ether oxygens (including phenoxy) is 1.